The number of fused-ring (bicyclic) bond motifs is 1. The SMILES string of the molecule is Nc1nc(Oc2ccc(Cl)cc2)c2cn[nH]c2n1. The van der Waals surface area contributed by atoms with Crippen LogP contribution in [0.2, 0.25) is 5.02 Å². The number of ether oxygens (including phenoxy) is 1. The predicted octanol–water partition coefficient (Wildman–Crippen LogP) is 2.38. The summed E-state index contributed by atoms with van der Waals surface area (Å²) in [5.41, 5.74) is 6.12. The van der Waals surface area contributed by atoms with Gasteiger partial charge >= 0.3 is 0 Å². The molecule has 0 unspecified atom stereocenters. The summed E-state index contributed by atoms with van der Waals surface area (Å²) >= 11 is 5.80. The van der Waals surface area contributed by atoms with Crippen molar-refractivity contribution in [1.29, 1.82) is 0 Å². The van der Waals surface area contributed by atoms with Crippen LogP contribution >= 0.6 is 11.6 Å². The lowest BCUT2D eigenvalue weighted by Crippen LogP contribution is -1.97. The Morgan fingerprint density at radius 1 is 1.17 bits per heavy atom. The average molecular weight is 262 g/mol. The molecule has 3 aromatic rings. The van der Waals surface area contributed by atoms with Crippen LogP contribution < -0.4 is 10.5 Å². The number of aromatic nitrogens is 4. The fraction of sp³-hybridized carbons (Fsp3) is 0. The molecule has 0 saturated carbocycles. The zero-order chi connectivity index (χ0) is 12.5. The molecule has 0 aliphatic rings. The van der Waals surface area contributed by atoms with Crippen molar-refractivity contribution in [3.8, 4) is 11.6 Å². The van der Waals surface area contributed by atoms with Crippen LogP contribution in [0.15, 0.2) is 30.5 Å². The Balaban J connectivity index is 2.03. The van der Waals surface area contributed by atoms with Gasteiger partial charge in [0.25, 0.3) is 0 Å². The Morgan fingerprint density at radius 3 is 2.72 bits per heavy atom. The molecule has 0 fully saturated rings. The number of nitrogens with zero attached hydrogens (tertiary/aromatic N) is 3. The van der Waals surface area contributed by atoms with Crippen molar-refractivity contribution < 1.29 is 4.74 Å². The maximum absolute atomic E-state index is 5.80. The Labute approximate surface area is 107 Å². The highest BCUT2D eigenvalue weighted by Crippen LogP contribution is 2.27. The highest BCUT2D eigenvalue weighted by atomic mass is 35.5. The molecule has 0 aliphatic heterocycles. The van der Waals surface area contributed by atoms with Crippen molar-refractivity contribution in [2.75, 3.05) is 5.73 Å². The number of nitrogens with one attached hydrogen (secondary N) is 1. The highest BCUT2D eigenvalue weighted by molar-refractivity contribution is 6.30. The van der Waals surface area contributed by atoms with Crippen molar-refractivity contribution in [3.63, 3.8) is 0 Å². The van der Waals surface area contributed by atoms with Gasteiger partial charge < -0.3 is 10.5 Å². The van der Waals surface area contributed by atoms with Crippen molar-refractivity contribution in [1.82, 2.24) is 20.2 Å². The van der Waals surface area contributed by atoms with Crippen LogP contribution in [0.5, 0.6) is 11.6 Å². The topological polar surface area (TPSA) is 89.7 Å². The fourth-order valence-corrected chi connectivity index (χ4v) is 1.64. The minimum absolute atomic E-state index is 0.121. The first-order valence-electron chi connectivity index (χ1n) is 5.12. The van der Waals surface area contributed by atoms with Gasteiger partial charge in [-0.05, 0) is 24.3 Å². The van der Waals surface area contributed by atoms with Crippen molar-refractivity contribution in [3.05, 3.63) is 35.5 Å². The maximum atomic E-state index is 5.80. The molecule has 90 valence electrons. The number of hydrogen-bond acceptors (Lipinski definition) is 5. The number of hydrogen-bond donors (Lipinski definition) is 2. The van der Waals surface area contributed by atoms with E-state index in [2.05, 4.69) is 20.2 Å². The Kier molecular flexibility index (Phi) is 2.49. The van der Waals surface area contributed by atoms with Crippen molar-refractivity contribution >= 4 is 28.6 Å². The lowest BCUT2D eigenvalue weighted by Gasteiger charge is -2.05. The lowest BCUT2D eigenvalue weighted by molar-refractivity contribution is 0.469. The van der Waals surface area contributed by atoms with Gasteiger partial charge in [0, 0.05) is 5.02 Å². The second-order valence-corrected chi connectivity index (χ2v) is 4.01. The molecular weight excluding hydrogens is 254 g/mol. The van der Waals surface area contributed by atoms with Gasteiger partial charge in [-0.1, -0.05) is 11.6 Å². The summed E-state index contributed by atoms with van der Waals surface area (Å²) in [5.74, 6) is 1.09. The summed E-state index contributed by atoms with van der Waals surface area (Å²) in [5, 5.41) is 7.89. The van der Waals surface area contributed by atoms with E-state index in [9.17, 15) is 0 Å². The summed E-state index contributed by atoms with van der Waals surface area (Å²) in [7, 11) is 0. The Morgan fingerprint density at radius 2 is 1.94 bits per heavy atom. The summed E-state index contributed by atoms with van der Waals surface area (Å²) < 4.78 is 5.64. The van der Waals surface area contributed by atoms with E-state index in [1.165, 1.54) is 0 Å². The molecule has 0 atom stereocenters. The molecule has 0 radical (unpaired) electrons. The Hall–Kier alpha value is -2.34. The van der Waals surface area contributed by atoms with Gasteiger partial charge in [0.1, 0.15) is 11.1 Å². The molecule has 3 N–H and O–H groups in total. The highest BCUT2D eigenvalue weighted by Gasteiger charge is 2.10. The van der Waals surface area contributed by atoms with E-state index in [-0.39, 0.29) is 5.95 Å². The predicted molar refractivity (Wildman–Crippen MR) is 67.6 cm³/mol. The van der Waals surface area contributed by atoms with Gasteiger partial charge in [0.05, 0.1) is 6.20 Å². The summed E-state index contributed by atoms with van der Waals surface area (Å²) in [6, 6.07) is 6.95. The van der Waals surface area contributed by atoms with Crippen molar-refractivity contribution in [2.24, 2.45) is 0 Å². The van der Waals surface area contributed by atoms with Crippen LogP contribution in [0.25, 0.3) is 11.0 Å². The standard InChI is InChI=1S/C11H8ClN5O/c12-6-1-3-7(4-2-6)18-10-8-5-14-17-9(8)15-11(13)16-10/h1-5H,(H3,13,14,15,16,17). The number of nitrogen functional groups attached to an aromatic ring is 1. The van der Waals surface area contributed by atoms with E-state index < -0.39 is 0 Å². The number of anilines is 1. The zero-order valence-corrected chi connectivity index (χ0v) is 9.85. The first-order chi connectivity index (χ1) is 8.72. The number of nitrogens with two attached hydrogens (primary N) is 1. The molecule has 6 nitrogen and oxygen atoms in total. The number of rotatable bonds is 2. The van der Waals surface area contributed by atoms with E-state index in [0.717, 1.165) is 0 Å². The average Bonchev–Trinajstić information content (AvgIpc) is 2.80. The van der Waals surface area contributed by atoms with Gasteiger partial charge in [0.2, 0.25) is 11.8 Å². The largest absolute Gasteiger partial charge is 0.438 e. The van der Waals surface area contributed by atoms with E-state index in [4.69, 9.17) is 22.1 Å². The minimum Gasteiger partial charge on any atom is -0.438 e. The van der Waals surface area contributed by atoms with Crippen molar-refractivity contribution in [2.45, 2.75) is 0 Å². The van der Waals surface area contributed by atoms with Crippen LogP contribution in [0.4, 0.5) is 5.95 Å². The number of aromatic amines is 1. The van der Waals surface area contributed by atoms with Gasteiger partial charge in [-0.25, -0.2) is 0 Å². The summed E-state index contributed by atoms with van der Waals surface area (Å²) in [4.78, 5) is 8.04. The first kappa shape index (κ1) is 10.8. The normalized spacial score (nSPS) is 10.7. The summed E-state index contributed by atoms with van der Waals surface area (Å²) in [6.07, 6.45) is 1.58. The third-order valence-corrected chi connectivity index (χ3v) is 2.57. The molecule has 7 heteroatoms. The molecule has 0 saturated heterocycles. The molecule has 2 aromatic heterocycles. The van der Waals surface area contributed by atoms with Gasteiger partial charge in [0.15, 0.2) is 5.65 Å². The van der Waals surface area contributed by atoms with Crippen LogP contribution in [0.3, 0.4) is 0 Å². The number of halogens is 1. The van der Waals surface area contributed by atoms with Crippen LogP contribution in [-0.4, -0.2) is 20.2 Å². The summed E-state index contributed by atoms with van der Waals surface area (Å²) in [6.45, 7) is 0. The monoisotopic (exact) mass is 261 g/mol. The number of benzene rings is 1. The second kappa shape index (κ2) is 4.15. The molecular formula is C11H8ClN5O. The smallest absolute Gasteiger partial charge is 0.235 e. The molecule has 3 rings (SSSR count). The van der Waals surface area contributed by atoms with E-state index in [1.807, 2.05) is 0 Å². The van der Waals surface area contributed by atoms with E-state index in [0.29, 0.717) is 27.7 Å². The van der Waals surface area contributed by atoms with Crippen LogP contribution in [0, 0.1) is 0 Å². The third-order valence-electron chi connectivity index (χ3n) is 2.32. The van der Waals surface area contributed by atoms with Crippen LogP contribution in [0.1, 0.15) is 0 Å². The molecule has 0 bridgehead atoms. The van der Waals surface area contributed by atoms with Gasteiger partial charge in [-0.2, -0.15) is 15.1 Å². The minimum atomic E-state index is 0.121. The molecule has 0 amide bonds. The molecule has 0 spiro atoms. The van der Waals surface area contributed by atoms with Crippen LogP contribution in [-0.2, 0) is 0 Å². The zero-order valence-electron chi connectivity index (χ0n) is 9.09. The first-order valence-corrected chi connectivity index (χ1v) is 5.50. The molecule has 18 heavy (non-hydrogen) atoms. The molecule has 1 aromatic carbocycles. The van der Waals surface area contributed by atoms with E-state index in [1.54, 1.807) is 30.5 Å². The van der Waals surface area contributed by atoms with Gasteiger partial charge in [-0.3, -0.25) is 5.10 Å². The Bertz CT molecular complexity index is 694. The third kappa shape index (κ3) is 1.93. The number of H-pyrrole nitrogens is 1. The molecule has 0 aliphatic carbocycles. The molecule has 2 heterocycles. The lowest BCUT2D eigenvalue weighted by atomic mass is 10.3. The van der Waals surface area contributed by atoms with E-state index >= 15 is 0 Å². The fourth-order valence-electron chi connectivity index (χ4n) is 1.52. The maximum Gasteiger partial charge on any atom is 0.235 e. The second-order valence-electron chi connectivity index (χ2n) is 3.58. The van der Waals surface area contributed by atoms with Gasteiger partial charge in [-0.15, -0.1) is 0 Å². The quantitative estimate of drug-likeness (QED) is 0.739.